The molecular formula is C16H24ClNOS. The van der Waals surface area contributed by atoms with Gasteiger partial charge in [-0.3, -0.25) is 0 Å². The molecule has 1 aliphatic carbocycles. The Labute approximate surface area is 130 Å². The van der Waals surface area contributed by atoms with E-state index in [2.05, 4.69) is 17.6 Å². The lowest BCUT2D eigenvalue weighted by atomic mass is 9.70. The van der Waals surface area contributed by atoms with E-state index in [0.29, 0.717) is 12.0 Å². The van der Waals surface area contributed by atoms with Crippen LogP contribution in [0.3, 0.4) is 0 Å². The van der Waals surface area contributed by atoms with Crippen molar-refractivity contribution in [1.82, 2.24) is 5.32 Å². The maximum absolute atomic E-state index is 6.39. The van der Waals surface area contributed by atoms with E-state index < -0.39 is 0 Å². The number of thiophene rings is 1. The van der Waals surface area contributed by atoms with Crippen molar-refractivity contribution in [3.8, 4) is 0 Å². The molecule has 2 atom stereocenters. The molecule has 1 saturated heterocycles. The SMILES string of the molecule is CCCNC(c1sccc1Cl)C1CCOC2(CCC2)C1. The third-order valence-corrected chi connectivity index (χ3v) is 6.25. The maximum Gasteiger partial charge on any atom is 0.0686 e. The van der Waals surface area contributed by atoms with E-state index in [1.807, 2.05) is 6.07 Å². The summed E-state index contributed by atoms with van der Waals surface area (Å²) in [7, 11) is 0. The van der Waals surface area contributed by atoms with Crippen molar-refractivity contribution in [3.05, 3.63) is 21.3 Å². The lowest BCUT2D eigenvalue weighted by Gasteiger charge is -2.48. The fourth-order valence-electron chi connectivity index (χ4n) is 3.57. The number of halogens is 1. The Bertz CT molecular complexity index is 443. The molecule has 0 bridgehead atoms. The second-order valence-corrected chi connectivity index (χ2v) is 7.56. The topological polar surface area (TPSA) is 21.3 Å². The van der Waals surface area contributed by atoms with Gasteiger partial charge in [0.1, 0.15) is 0 Å². The summed E-state index contributed by atoms with van der Waals surface area (Å²) < 4.78 is 6.08. The van der Waals surface area contributed by atoms with Crippen molar-refractivity contribution in [2.75, 3.05) is 13.2 Å². The number of nitrogens with one attached hydrogen (secondary N) is 1. The average molecular weight is 314 g/mol. The molecule has 2 nitrogen and oxygen atoms in total. The predicted octanol–water partition coefficient (Wildman–Crippen LogP) is 4.79. The first kappa shape index (κ1) is 14.8. The Balaban J connectivity index is 1.76. The molecule has 0 amide bonds. The molecular weight excluding hydrogens is 290 g/mol. The van der Waals surface area contributed by atoms with Gasteiger partial charge >= 0.3 is 0 Å². The first-order chi connectivity index (χ1) is 9.74. The molecule has 4 heteroatoms. The third-order valence-electron chi connectivity index (χ3n) is 4.81. The number of hydrogen-bond donors (Lipinski definition) is 1. The summed E-state index contributed by atoms with van der Waals surface area (Å²) >= 11 is 8.18. The summed E-state index contributed by atoms with van der Waals surface area (Å²) in [5, 5.41) is 6.78. The van der Waals surface area contributed by atoms with E-state index in [9.17, 15) is 0 Å². The van der Waals surface area contributed by atoms with Crippen molar-refractivity contribution >= 4 is 22.9 Å². The Kier molecular flexibility index (Phi) is 4.71. The summed E-state index contributed by atoms with van der Waals surface area (Å²) in [6.07, 6.45) is 7.34. The van der Waals surface area contributed by atoms with Gasteiger partial charge in [-0.25, -0.2) is 0 Å². The van der Waals surface area contributed by atoms with Gasteiger partial charge in [0.2, 0.25) is 0 Å². The van der Waals surface area contributed by atoms with E-state index in [0.717, 1.165) is 31.0 Å². The highest BCUT2D eigenvalue weighted by Crippen LogP contribution is 2.48. The van der Waals surface area contributed by atoms with Gasteiger partial charge in [0.15, 0.2) is 0 Å². The Morgan fingerprint density at radius 1 is 1.55 bits per heavy atom. The van der Waals surface area contributed by atoms with Crippen LogP contribution in [-0.4, -0.2) is 18.8 Å². The van der Waals surface area contributed by atoms with Gasteiger partial charge in [-0.2, -0.15) is 0 Å². The highest BCUT2D eigenvalue weighted by Gasteiger charge is 2.44. The molecule has 3 rings (SSSR count). The van der Waals surface area contributed by atoms with Crippen LogP contribution >= 0.6 is 22.9 Å². The zero-order valence-electron chi connectivity index (χ0n) is 12.2. The van der Waals surface area contributed by atoms with Gasteiger partial charge in [0.05, 0.1) is 10.6 Å². The predicted molar refractivity (Wildman–Crippen MR) is 85.6 cm³/mol. The van der Waals surface area contributed by atoms with Crippen LogP contribution in [0.2, 0.25) is 5.02 Å². The normalized spacial score (nSPS) is 26.4. The Morgan fingerprint density at radius 2 is 2.40 bits per heavy atom. The minimum absolute atomic E-state index is 0.207. The highest BCUT2D eigenvalue weighted by atomic mass is 35.5. The molecule has 0 radical (unpaired) electrons. The number of rotatable bonds is 5. The summed E-state index contributed by atoms with van der Waals surface area (Å²) in [5.74, 6) is 0.659. The number of ether oxygens (including phenoxy) is 1. The summed E-state index contributed by atoms with van der Waals surface area (Å²) in [4.78, 5) is 1.32. The van der Waals surface area contributed by atoms with Gasteiger partial charge in [0, 0.05) is 17.5 Å². The average Bonchev–Trinajstić information content (AvgIpc) is 2.84. The molecule has 2 heterocycles. The van der Waals surface area contributed by atoms with Gasteiger partial charge in [0.25, 0.3) is 0 Å². The minimum Gasteiger partial charge on any atom is -0.375 e. The van der Waals surface area contributed by atoms with Crippen molar-refractivity contribution < 1.29 is 4.74 Å². The molecule has 1 aliphatic heterocycles. The second-order valence-electron chi connectivity index (χ2n) is 6.20. The molecule has 1 aromatic heterocycles. The van der Waals surface area contributed by atoms with Crippen molar-refractivity contribution in [1.29, 1.82) is 0 Å². The van der Waals surface area contributed by atoms with Crippen LogP contribution in [-0.2, 0) is 4.74 Å². The van der Waals surface area contributed by atoms with Crippen molar-refractivity contribution in [3.63, 3.8) is 0 Å². The quantitative estimate of drug-likeness (QED) is 0.843. The molecule has 0 aromatic carbocycles. The van der Waals surface area contributed by atoms with Gasteiger partial charge < -0.3 is 10.1 Å². The summed E-state index contributed by atoms with van der Waals surface area (Å²) in [6, 6.07) is 2.43. The number of hydrogen-bond acceptors (Lipinski definition) is 3. The molecule has 2 fully saturated rings. The summed E-state index contributed by atoms with van der Waals surface area (Å²) in [5.41, 5.74) is 0.207. The molecule has 1 aromatic rings. The van der Waals surface area contributed by atoms with Crippen LogP contribution in [0, 0.1) is 5.92 Å². The second kappa shape index (κ2) is 6.35. The molecule has 112 valence electrons. The smallest absolute Gasteiger partial charge is 0.0686 e. The molecule has 1 spiro atoms. The Morgan fingerprint density at radius 3 is 3.00 bits per heavy atom. The van der Waals surface area contributed by atoms with Gasteiger partial charge in [-0.05, 0) is 62.4 Å². The van der Waals surface area contributed by atoms with E-state index in [1.54, 1.807) is 11.3 Å². The summed E-state index contributed by atoms with van der Waals surface area (Å²) in [6.45, 7) is 4.19. The Hall–Kier alpha value is -0.0900. The van der Waals surface area contributed by atoms with Crippen LogP contribution in [0.15, 0.2) is 11.4 Å². The zero-order chi connectivity index (χ0) is 14.0. The molecule has 2 aliphatic rings. The lowest BCUT2D eigenvalue weighted by molar-refractivity contribution is -0.147. The fraction of sp³-hybridized carbons (Fsp3) is 0.750. The molecule has 1 saturated carbocycles. The molecule has 2 unspecified atom stereocenters. The van der Waals surface area contributed by atoms with E-state index in [1.165, 1.54) is 30.6 Å². The fourth-order valence-corrected chi connectivity index (χ4v) is 4.91. The molecule has 20 heavy (non-hydrogen) atoms. The van der Waals surface area contributed by atoms with Crippen LogP contribution in [0.25, 0.3) is 0 Å². The van der Waals surface area contributed by atoms with Gasteiger partial charge in [-0.15, -0.1) is 11.3 Å². The van der Waals surface area contributed by atoms with Gasteiger partial charge in [-0.1, -0.05) is 18.5 Å². The third kappa shape index (κ3) is 2.92. The zero-order valence-corrected chi connectivity index (χ0v) is 13.7. The standard InChI is InChI=1S/C16H24ClNOS/c1-2-8-18-14(15-13(17)5-10-20-15)12-4-9-19-16(11-12)6-3-7-16/h5,10,12,14,18H,2-4,6-9,11H2,1H3. The van der Waals surface area contributed by atoms with E-state index >= 15 is 0 Å². The lowest BCUT2D eigenvalue weighted by Crippen LogP contribution is -2.48. The van der Waals surface area contributed by atoms with E-state index in [4.69, 9.17) is 16.3 Å². The van der Waals surface area contributed by atoms with Crippen molar-refractivity contribution in [2.24, 2.45) is 5.92 Å². The minimum atomic E-state index is 0.207. The largest absolute Gasteiger partial charge is 0.375 e. The van der Waals surface area contributed by atoms with Crippen LogP contribution in [0.1, 0.15) is 56.4 Å². The van der Waals surface area contributed by atoms with E-state index in [-0.39, 0.29) is 5.60 Å². The maximum atomic E-state index is 6.39. The van der Waals surface area contributed by atoms with Crippen molar-refractivity contribution in [2.45, 2.75) is 57.1 Å². The molecule has 1 N–H and O–H groups in total. The van der Waals surface area contributed by atoms with Crippen LogP contribution in [0.4, 0.5) is 0 Å². The van der Waals surface area contributed by atoms with Crippen LogP contribution < -0.4 is 5.32 Å². The monoisotopic (exact) mass is 313 g/mol. The first-order valence-electron chi connectivity index (χ1n) is 7.84. The highest BCUT2D eigenvalue weighted by molar-refractivity contribution is 7.10. The first-order valence-corrected chi connectivity index (χ1v) is 9.10. The van der Waals surface area contributed by atoms with Crippen LogP contribution in [0.5, 0.6) is 0 Å².